The van der Waals surface area contributed by atoms with Gasteiger partial charge in [0, 0.05) is 0 Å². The molecule has 1 aromatic heterocycles. The fourth-order valence-electron chi connectivity index (χ4n) is 2.21. The first kappa shape index (κ1) is 19.0. The van der Waals surface area contributed by atoms with E-state index < -0.39 is 21.9 Å². The van der Waals surface area contributed by atoms with Crippen molar-refractivity contribution in [3.63, 3.8) is 0 Å². The van der Waals surface area contributed by atoms with Crippen LogP contribution in [0.15, 0.2) is 27.8 Å². The lowest BCUT2D eigenvalue weighted by atomic mass is 10.1. The summed E-state index contributed by atoms with van der Waals surface area (Å²) in [7, 11) is 0. The van der Waals surface area contributed by atoms with Gasteiger partial charge >= 0.3 is 16.9 Å². The maximum atomic E-state index is 11.6. The summed E-state index contributed by atoms with van der Waals surface area (Å²) < 4.78 is 11.2. The molecule has 2 rings (SSSR count). The first-order valence-electron chi connectivity index (χ1n) is 8.05. The van der Waals surface area contributed by atoms with Crippen LogP contribution in [0.25, 0.3) is 12.2 Å². The van der Waals surface area contributed by atoms with Crippen molar-refractivity contribution in [1.29, 1.82) is 0 Å². The predicted molar refractivity (Wildman–Crippen MR) is 96.7 cm³/mol. The van der Waals surface area contributed by atoms with E-state index in [1.54, 1.807) is 18.2 Å². The summed E-state index contributed by atoms with van der Waals surface area (Å²) in [6.45, 7) is 4.83. The van der Waals surface area contributed by atoms with E-state index in [1.165, 1.54) is 12.2 Å². The van der Waals surface area contributed by atoms with Gasteiger partial charge in [-0.2, -0.15) is 0 Å². The van der Waals surface area contributed by atoms with E-state index in [0.717, 1.165) is 6.42 Å². The van der Waals surface area contributed by atoms with Crippen molar-refractivity contribution in [1.82, 2.24) is 9.97 Å². The number of aromatic nitrogens is 2. The fourth-order valence-corrected chi connectivity index (χ4v) is 2.21. The van der Waals surface area contributed by atoms with E-state index >= 15 is 0 Å². The maximum absolute atomic E-state index is 11.6. The first-order chi connectivity index (χ1) is 12.5. The van der Waals surface area contributed by atoms with E-state index in [2.05, 4.69) is 4.98 Å². The second-order valence-corrected chi connectivity index (χ2v) is 5.25. The third-order valence-electron chi connectivity index (χ3n) is 3.30. The van der Waals surface area contributed by atoms with Crippen LogP contribution < -0.4 is 20.7 Å². The Labute approximate surface area is 148 Å². The Bertz CT molecular complexity index is 929. The van der Waals surface area contributed by atoms with Crippen LogP contribution in [-0.2, 0) is 0 Å². The van der Waals surface area contributed by atoms with Crippen LogP contribution in [0.1, 0.15) is 31.5 Å². The molecule has 0 aliphatic heterocycles. The molecule has 0 saturated carbocycles. The smallest absolute Gasteiger partial charge is 0.357 e. The Morgan fingerprint density at radius 3 is 2.54 bits per heavy atom. The third kappa shape index (κ3) is 4.59. The normalized spacial score (nSPS) is 10.8. The molecular weight excluding hydrogens is 342 g/mol. The van der Waals surface area contributed by atoms with Gasteiger partial charge in [0.1, 0.15) is 5.69 Å². The zero-order chi connectivity index (χ0) is 19.1. The van der Waals surface area contributed by atoms with E-state index in [1.807, 2.05) is 18.8 Å². The summed E-state index contributed by atoms with van der Waals surface area (Å²) in [6.07, 6.45) is 3.68. The summed E-state index contributed by atoms with van der Waals surface area (Å²) in [5, 5.41) is 11.0. The lowest BCUT2D eigenvalue weighted by Crippen LogP contribution is -2.25. The van der Waals surface area contributed by atoms with E-state index in [4.69, 9.17) is 9.47 Å². The molecule has 0 radical (unpaired) electrons. The topological polar surface area (TPSA) is 127 Å². The highest BCUT2D eigenvalue weighted by molar-refractivity contribution is 5.72. The second kappa shape index (κ2) is 8.65. The van der Waals surface area contributed by atoms with Crippen LogP contribution >= 0.6 is 0 Å². The van der Waals surface area contributed by atoms with Crippen LogP contribution in [0.2, 0.25) is 0 Å². The number of nitrogens with zero attached hydrogens (tertiary/aromatic N) is 1. The average molecular weight is 361 g/mol. The summed E-state index contributed by atoms with van der Waals surface area (Å²) in [5.41, 5.74) is -2.13. The van der Waals surface area contributed by atoms with Gasteiger partial charge in [-0.3, -0.25) is 19.9 Å². The molecule has 0 saturated heterocycles. The molecule has 0 aliphatic rings. The SMILES string of the molecule is CCCOc1ccc(/C=C/c2[nH]c(=O)[nH]c(=O)c2[N+](=O)[O-])cc1OCC. The van der Waals surface area contributed by atoms with Crippen LogP contribution in [0.3, 0.4) is 0 Å². The second-order valence-electron chi connectivity index (χ2n) is 5.25. The van der Waals surface area contributed by atoms with Gasteiger partial charge in [-0.15, -0.1) is 0 Å². The number of aromatic amines is 2. The molecule has 1 aromatic carbocycles. The molecule has 138 valence electrons. The van der Waals surface area contributed by atoms with Crippen molar-refractivity contribution in [3.8, 4) is 11.5 Å². The summed E-state index contributed by atoms with van der Waals surface area (Å²) in [5.74, 6) is 1.14. The molecule has 0 fully saturated rings. The zero-order valence-electron chi connectivity index (χ0n) is 14.4. The molecule has 26 heavy (non-hydrogen) atoms. The minimum Gasteiger partial charge on any atom is -0.490 e. The quantitative estimate of drug-likeness (QED) is 0.549. The van der Waals surface area contributed by atoms with Gasteiger partial charge in [0.05, 0.1) is 18.1 Å². The summed E-state index contributed by atoms with van der Waals surface area (Å²) >= 11 is 0. The number of hydrogen-bond acceptors (Lipinski definition) is 6. The molecule has 0 unspecified atom stereocenters. The molecule has 9 nitrogen and oxygen atoms in total. The number of hydrogen-bond donors (Lipinski definition) is 2. The zero-order valence-corrected chi connectivity index (χ0v) is 14.4. The van der Waals surface area contributed by atoms with Gasteiger partial charge in [0.2, 0.25) is 0 Å². The Hall–Kier alpha value is -3.36. The highest BCUT2D eigenvalue weighted by Crippen LogP contribution is 2.29. The molecule has 9 heteroatoms. The molecule has 0 spiro atoms. The molecule has 0 aliphatic carbocycles. The van der Waals surface area contributed by atoms with Crippen LogP contribution in [-0.4, -0.2) is 28.1 Å². The Kier molecular flexibility index (Phi) is 6.31. The lowest BCUT2D eigenvalue weighted by Gasteiger charge is -2.12. The monoisotopic (exact) mass is 361 g/mol. The minimum absolute atomic E-state index is 0.187. The molecule has 0 atom stereocenters. The molecule has 0 bridgehead atoms. The number of nitrogens with one attached hydrogen (secondary N) is 2. The fraction of sp³-hybridized carbons (Fsp3) is 0.294. The lowest BCUT2D eigenvalue weighted by molar-refractivity contribution is -0.386. The van der Waals surface area contributed by atoms with Gasteiger partial charge in [-0.25, -0.2) is 4.79 Å². The van der Waals surface area contributed by atoms with Gasteiger partial charge in [0.25, 0.3) is 0 Å². The van der Waals surface area contributed by atoms with Crippen LogP contribution in [0.4, 0.5) is 5.69 Å². The van der Waals surface area contributed by atoms with E-state index in [9.17, 15) is 19.7 Å². The average Bonchev–Trinajstić information content (AvgIpc) is 2.58. The first-order valence-corrected chi connectivity index (χ1v) is 8.05. The van der Waals surface area contributed by atoms with Crippen molar-refractivity contribution in [2.24, 2.45) is 0 Å². The van der Waals surface area contributed by atoms with Crippen molar-refractivity contribution in [3.05, 3.63) is 60.4 Å². The van der Waals surface area contributed by atoms with Crippen molar-refractivity contribution < 1.29 is 14.4 Å². The number of nitro groups is 1. The molecule has 2 aromatic rings. The van der Waals surface area contributed by atoms with E-state index in [0.29, 0.717) is 30.3 Å². The van der Waals surface area contributed by atoms with Crippen LogP contribution in [0.5, 0.6) is 11.5 Å². The highest BCUT2D eigenvalue weighted by Gasteiger charge is 2.18. The number of rotatable bonds is 8. The molecule has 2 N–H and O–H groups in total. The van der Waals surface area contributed by atoms with E-state index in [-0.39, 0.29) is 5.69 Å². The molecule has 0 amide bonds. The highest BCUT2D eigenvalue weighted by atomic mass is 16.6. The molecule has 1 heterocycles. The van der Waals surface area contributed by atoms with Gasteiger partial charge in [0.15, 0.2) is 11.5 Å². The standard InChI is InChI=1S/C17H19N3O6/c1-3-9-26-13-8-6-11(10-14(13)25-4-2)5-7-12-15(20(23)24)16(21)19-17(22)18-12/h5-8,10H,3-4,9H2,1-2H3,(H2,18,19,21,22)/b7-5+. The Morgan fingerprint density at radius 2 is 1.88 bits per heavy atom. The van der Waals surface area contributed by atoms with Crippen molar-refractivity contribution in [2.45, 2.75) is 20.3 Å². The van der Waals surface area contributed by atoms with Gasteiger partial charge < -0.3 is 14.5 Å². The number of benzene rings is 1. The largest absolute Gasteiger partial charge is 0.490 e. The predicted octanol–water partition coefficient (Wildman–Crippen LogP) is 2.33. The minimum atomic E-state index is -1.06. The third-order valence-corrected chi connectivity index (χ3v) is 3.30. The summed E-state index contributed by atoms with van der Waals surface area (Å²) in [6, 6.07) is 5.18. The number of H-pyrrole nitrogens is 2. The Balaban J connectivity index is 2.39. The Morgan fingerprint density at radius 1 is 1.12 bits per heavy atom. The van der Waals surface area contributed by atoms with Gasteiger partial charge in [-0.1, -0.05) is 19.1 Å². The van der Waals surface area contributed by atoms with Gasteiger partial charge in [-0.05, 0) is 37.1 Å². The van der Waals surface area contributed by atoms with Crippen molar-refractivity contribution >= 4 is 17.8 Å². The van der Waals surface area contributed by atoms with Crippen LogP contribution in [0, 0.1) is 10.1 Å². The van der Waals surface area contributed by atoms with Crippen molar-refractivity contribution in [2.75, 3.05) is 13.2 Å². The maximum Gasteiger partial charge on any atom is 0.357 e. The molecular formula is C17H19N3O6. The number of ether oxygens (including phenoxy) is 2. The summed E-state index contributed by atoms with van der Waals surface area (Å²) in [4.78, 5) is 37.3.